The number of hydrogen-bond donors (Lipinski definition) is 1. The number of anilines is 1. The molecule has 1 aromatic heterocycles. The number of ether oxygens (including phenoxy) is 1. The molecule has 0 aliphatic heterocycles. The van der Waals surface area contributed by atoms with Gasteiger partial charge in [0.1, 0.15) is 0 Å². The molecule has 0 aliphatic rings. The van der Waals surface area contributed by atoms with Gasteiger partial charge in [-0.2, -0.15) is 5.10 Å². The zero-order valence-electron chi connectivity index (χ0n) is 17.2. The van der Waals surface area contributed by atoms with Gasteiger partial charge in [0, 0.05) is 17.0 Å². The largest absolute Gasteiger partial charge is 0.456 e. The Morgan fingerprint density at radius 3 is 2.35 bits per heavy atom. The zero-order valence-corrected chi connectivity index (χ0v) is 18.0. The number of amides is 1. The number of ketones is 1. The number of carbonyl (C=O) groups is 3. The average molecular weight is 440 g/mol. The van der Waals surface area contributed by atoms with Gasteiger partial charge in [0.25, 0.3) is 5.91 Å². The van der Waals surface area contributed by atoms with Crippen LogP contribution in [0.25, 0.3) is 5.69 Å². The van der Waals surface area contributed by atoms with Crippen molar-refractivity contribution < 1.29 is 19.1 Å². The Kier molecular flexibility index (Phi) is 7.20. The minimum absolute atomic E-state index is 0.00977. The molecule has 160 valence electrons. The summed E-state index contributed by atoms with van der Waals surface area (Å²) in [5.74, 6) is -1.29. The van der Waals surface area contributed by atoms with Crippen molar-refractivity contribution in [1.29, 1.82) is 0 Å². The number of benzene rings is 2. The minimum Gasteiger partial charge on any atom is -0.456 e. The molecule has 1 N–H and O–H groups in total. The van der Waals surface area contributed by atoms with Crippen LogP contribution in [0.2, 0.25) is 5.02 Å². The maximum atomic E-state index is 12.3. The van der Waals surface area contributed by atoms with Crippen molar-refractivity contribution in [2.45, 2.75) is 26.7 Å². The highest BCUT2D eigenvalue weighted by Crippen LogP contribution is 2.22. The first kappa shape index (κ1) is 22.2. The van der Waals surface area contributed by atoms with Gasteiger partial charge >= 0.3 is 5.97 Å². The quantitative estimate of drug-likeness (QED) is 0.417. The van der Waals surface area contributed by atoms with E-state index in [1.54, 1.807) is 35.9 Å². The number of nitrogens with zero attached hydrogens (tertiary/aromatic N) is 2. The summed E-state index contributed by atoms with van der Waals surface area (Å²) >= 11 is 5.80. The molecule has 1 heterocycles. The third-order valence-corrected chi connectivity index (χ3v) is 4.90. The molecule has 0 radical (unpaired) electrons. The Morgan fingerprint density at radius 2 is 1.68 bits per heavy atom. The highest BCUT2D eigenvalue weighted by atomic mass is 35.5. The molecule has 1 amide bonds. The van der Waals surface area contributed by atoms with Gasteiger partial charge < -0.3 is 10.1 Å². The van der Waals surface area contributed by atoms with Crippen molar-refractivity contribution in [3.05, 3.63) is 76.6 Å². The van der Waals surface area contributed by atoms with Gasteiger partial charge in [0.15, 0.2) is 12.4 Å². The Labute approximate surface area is 185 Å². The second-order valence-electron chi connectivity index (χ2n) is 6.93. The lowest BCUT2D eigenvalue weighted by molar-refractivity contribution is -0.147. The molecule has 0 fully saturated rings. The zero-order chi connectivity index (χ0) is 22.4. The number of hydrogen-bond acceptors (Lipinski definition) is 5. The highest BCUT2D eigenvalue weighted by molar-refractivity contribution is 6.30. The smallest absolute Gasteiger partial charge is 0.306 e. The summed E-state index contributed by atoms with van der Waals surface area (Å²) in [4.78, 5) is 36.3. The van der Waals surface area contributed by atoms with Crippen LogP contribution in [0, 0.1) is 13.8 Å². The van der Waals surface area contributed by atoms with E-state index in [4.69, 9.17) is 16.3 Å². The van der Waals surface area contributed by atoms with E-state index >= 15 is 0 Å². The number of carbonyl (C=O) groups excluding carboxylic acids is 3. The van der Waals surface area contributed by atoms with Gasteiger partial charge in [0.05, 0.1) is 29.2 Å². The molecule has 0 bridgehead atoms. The summed E-state index contributed by atoms with van der Waals surface area (Å²) in [5.41, 5.74) is 3.33. The van der Waals surface area contributed by atoms with Crippen molar-refractivity contribution in [2.24, 2.45) is 0 Å². The molecule has 0 aliphatic carbocycles. The molecular weight excluding hydrogens is 418 g/mol. The number of para-hydroxylation sites is 1. The van der Waals surface area contributed by atoms with Crippen LogP contribution in [0.4, 0.5) is 5.69 Å². The summed E-state index contributed by atoms with van der Waals surface area (Å²) in [7, 11) is 0. The topological polar surface area (TPSA) is 90.3 Å². The molecule has 0 saturated heterocycles. The first-order valence-electron chi connectivity index (χ1n) is 9.71. The maximum absolute atomic E-state index is 12.3. The van der Waals surface area contributed by atoms with E-state index in [2.05, 4.69) is 10.4 Å². The Morgan fingerprint density at radius 1 is 1.00 bits per heavy atom. The van der Waals surface area contributed by atoms with Crippen molar-refractivity contribution >= 4 is 34.9 Å². The van der Waals surface area contributed by atoms with Crippen LogP contribution in [0.5, 0.6) is 0 Å². The third kappa shape index (κ3) is 5.79. The van der Waals surface area contributed by atoms with Crippen LogP contribution in [0.15, 0.2) is 54.6 Å². The van der Waals surface area contributed by atoms with Gasteiger partial charge in [-0.25, -0.2) is 4.68 Å². The number of rotatable bonds is 8. The van der Waals surface area contributed by atoms with Crippen LogP contribution in [0.3, 0.4) is 0 Å². The monoisotopic (exact) mass is 439 g/mol. The normalized spacial score (nSPS) is 10.5. The van der Waals surface area contributed by atoms with Crippen molar-refractivity contribution in [1.82, 2.24) is 9.78 Å². The lowest BCUT2D eigenvalue weighted by Crippen LogP contribution is -2.21. The molecule has 0 spiro atoms. The second-order valence-corrected chi connectivity index (χ2v) is 7.37. The summed E-state index contributed by atoms with van der Waals surface area (Å²) in [6.45, 7) is 3.19. The number of aromatic nitrogens is 2. The van der Waals surface area contributed by atoms with E-state index < -0.39 is 18.5 Å². The summed E-state index contributed by atoms with van der Waals surface area (Å²) in [5, 5.41) is 7.73. The van der Waals surface area contributed by atoms with Gasteiger partial charge in [0.2, 0.25) is 0 Å². The molecule has 31 heavy (non-hydrogen) atoms. The predicted molar refractivity (Wildman–Crippen MR) is 118 cm³/mol. The summed E-state index contributed by atoms with van der Waals surface area (Å²) < 4.78 is 6.74. The van der Waals surface area contributed by atoms with Crippen molar-refractivity contribution in [3.63, 3.8) is 0 Å². The molecule has 8 heteroatoms. The van der Waals surface area contributed by atoms with Gasteiger partial charge in [-0.1, -0.05) is 29.8 Å². The Hall–Kier alpha value is -3.45. The van der Waals surface area contributed by atoms with Crippen LogP contribution in [-0.4, -0.2) is 34.0 Å². The molecule has 7 nitrogen and oxygen atoms in total. The summed E-state index contributed by atoms with van der Waals surface area (Å²) in [6, 6.07) is 16.0. The van der Waals surface area contributed by atoms with Gasteiger partial charge in [-0.05, 0) is 50.2 Å². The number of nitrogens with one attached hydrogen (secondary N) is 1. The Balaban J connectivity index is 1.50. The van der Waals surface area contributed by atoms with E-state index in [-0.39, 0.29) is 18.6 Å². The minimum atomic E-state index is -0.620. The number of esters is 1. The fourth-order valence-corrected chi connectivity index (χ4v) is 3.16. The average Bonchev–Trinajstić information content (AvgIpc) is 3.05. The molecular formula is C23H22ClN3O4. The first-order valence-corrected chi connectivity index (χ1v) is 10.1. The van der Waals surface area contributed by atoms with E-state index in [1.807, 2.05) is 37.3 Å². The SMILES string of the molecule is Cc1nn(-c2ccccc2)c(C)c1NC(=O)COC(=O)CCC(=O)c1ccc(Cl)cc1. The lowest BCUT2D eigenvalue weighted by Gasteiger charge is -2.08. The third-order valence-electron chi connectivity index (χ3n) is 4.64. The summed E-state index contributed by atoms with van der Waals surface area (Å²) in [6.07, 6.45) is -0.122. The molecule has 0 saturated carbocycles. The van der Waals surface area contributed by atoms with Gasteiger partial charge in [-0.3, -0.25) is 14.4 Å². The van der Waals surface area contributed by atoms with E-state index in [0.29, 0.717) is 22.0 Å². The standard InChI is InChI=1S/C23H22ClN3O4/c1-15-23(16(2)27(26-15)19-6-4-3-5-7-19)25-21(29)14-31-22(30)13-12-20(28)17-8-10-18(24)11-9-17/h3-11H,12-14H2,1-2H3,(H,25,29). The lowest BCUT2D eigenvalue weighted by atomic mass is 10.1. The fourth-order valence-electron chi connectivity index (χ4n) is 3.03. The van der Waals surface area contributed by atoms with Gasteiger partial charge in [-0.15, -0.1) is 0 Å². The van der Waals surface area contributed by atoms with Crippen LogP contribution in [0.1, 0.15) is 34.6 Å². The fraction of sp³-hybridized carbons (Fsp3) is 0.217. The van der Waals surface area contributed by atoms with E-state index in [1.165, 1.54) is 0 Å². The van der Waals surface area contributed by atoms with E-state index in [0.717, 1.165) is 11.4 Å². The van der Waals surface area contributed by atoms with E-state index in [9.17, 15) is 14.4 Å². The molecule has 0 atom stereocenters. The van der Waals surface area contributed by atoms with Crippen molar-refractivity contribution in [3.8, 4) is 5.69 Å². The van der Waals surface area contributed by atoms with Crippen LogP contribution in [-0.2, 0) is 14.3 Å². The van der Waals surface area contributed by atoms with Crippen molar-refractivity contribution in [2.75, 3.05) is 11.9 Å². The van der Waals surface area contributed by atoms with Crippen LogP contribution >= 0.6 is 11.6 Å². The number of halogens is 1. The molecule has 3 aromatic rings. The Bertz CT molecular complexity index is 1090. The number of aryl methyl sites for hydroxylation is 1. The molecule has 3 rings (SSSR count). The highest BCUT2D eigenvalue weighted by Gasteiger charge is 2.17. The maximum Gasteiger partial charge on any atom is 0.306 e. The first-order chi connectivity index (χ1) is 14.8. The molecule has 0 unspecified atom stereocenters. The number of Topliss-reactive ketones (excluding diaryl/α,β-unsaturated/α-hetero) is 1. The predicted octanol–water partition coefficient (Wildman–Crippen LogP) is 4.29. The molecule has 2 aromatic carbocycles. The second kappa shape index (κ2) is 10.0. The van der Waals surface area contributed by atoms with Crippen LogP contribution < -0.4 is 5.32 Å².